The molecule has 7 heteroatoms. The molecule has 0 radical (unpaired) electrons. The number of carbonyl (C=O) groups excluding carboxylic acids is 1. The standard InChI is InChI=1S/C12H18N2O4S/c1-7-5-6-10(8(2)11(7)13)14-19(16,17)9(3)12(15)18-4/h5-6,9,14H,13H2,1-4H3. The van der Waals surface area contributed by atoms with Crippen LogP contribution in [-0.4, -0.2) is 26.7 Å². The molecule has 0 bridgehead atoms. The summed E-state index contributed by atoms with van der Waals surface area (Å²) in [5.41, 5.74) is 8.20. The molecule has 0 heterocycles. The van der Waals surface area contributed by atoms with Gasteiger partial charge in [-0.1, -0.05) is 6.07 Å². The molecule has 0 aromatic heterocycles. The molecule has 0 fully saturated rings. The average Bonchev–Trinajstić information content (AvgIpc) is 2.37. The number of sulfonamides is 1. The molecule has 0 aliphatic rings. The van der Waals surface area contributed by atoms with Gasteiger partial charge in [0.15, 0.2) is 5.25 Å². The third-order valence-electron chi connectivity index (χ3n) is 2.98. The summed E-state index contributed by atoms with van der Waals surface area (Å²) >= 11 is 0. The second kappa shape index (κ2) is 5.48. The largest absolute Gasteiger partial charge is 0.468 e. The van der Waals surface area contributed by atoms with Crippen molar-refractivity contribution in [2.24, 2.45) is 0 Å². The van der Waals surface area contributed by atoms with Crippen molar-refractivity contribution in [3.63, 3.8) is 0 Å². The fraction of sp³-hybridized carbons (Fsp3) is 0.417. The molecule has 1 unspecified atom stereocenters. The van der Waals surface area contributed by atoms with Gasteiger partial charge in [-0.3, -0.25) is 9.52 Å². The Morgan fingerprint density at radius 2 is 1.95 bits per heavy atom. The molecule has 3 N–H and O–H groups in total. The summed E-state index contributed by atoms with van der Waals surface area (Å²) < 4.78 is 30.8. The van der Waals surface area contributed by atoms with Crippen molar-refractivity contribution in [1.82, 2.24) is 0 Å². The van der Waals surface area contributed by atoms with Crippen LogP contribution in [0.4, 0.5) is 11.4 Å². The number of anilines is 2. The van der Waals surface area contributed by atoms with Crippen LogP contribution in [0.25, 0.3) is 0 Å². The third kappa shape index (κ3) is 3.17. The maximum Gasteiger partial charge on any atom is 0.325 e. The number of carbonyl (C=O) groups is 1. The Morgan fingerprint density at radius 3 is 2.47 bits per heavy atom. The molecule has 6 nitrogen and oxygen atoms in total. The Kier molecular flexibility index (Phi) is 4.41. The fourth-order valence-electron chi connectivity index (χ4n) is 1.51. The van der Waals surface area contributed by atoms with E-state index in [-0.39, 0.29) is 0 Å². The lowest BCUT2D eigenvalue weighted by molar-refractivity contribution is -0.139. The molecule has 1 aromatic rings. The average molecular weight is 286 g/mol. The van der Waals surface area contributed by atoms with Crippen molar-refractivity contribution in [3.8, 4) is 0 Å². The van der Waals surface area contributed by atoms with Crippen LogP contribution in [0.3, 0.4) is 0 Å². The van der Waals surface area contributed by atoms with Crippen LogP contribution in [0.1, 0.15) is 18.1 Å². The maximum atomic E-state index is 12.0. The van der Waals surface area contributed by atoms with Gasteiger partial charge in [-0.25, -0.2) is 8.42 Å². The number of nitrogens with two attached hydrogens (primary N) is 1. The number of hydrogen-bond donors (Lipinski definition) is 2. The van der Waals surface area contributed by atoms with Crippen molar-refractivity contribution in [2.45, 2.75) is 26.0 Å². The predicted molar refractivity (Wildman–Crippen MR) is 74.3 cm³/mol. The van der Waals surface area contributed by atoms with E-state index in [0.717, 1.165) is 12.7 Å². The van der Waals surface area contributed by atoms with E-state index >= 15 is 0 Å². The van der Waals surface area contributed by atoms with Gasteiger partial charge in [-0.15, -0.1) is 0 Å². The van der Waals surface area contributed by atoms with Gasteiger partial charge >= 0.3 is 5.97 Å². The Bertz CT molecular complexity index is 596. The van der Waals surface area contributed by atoms with E-state index in [1.54, 1.807) is 19.1 Å². The molecule has 0 saturated carbocycles. The summed E-state index contributed by atoms with van der Waals surface area (Å²) in [5.74, 6) is -0.815. The summed E-state index contributed by atoms with van der Waals surface area (Å²) in [6.07, 6.45) is 0. The zero-order valence-corrected chi connectivity index (χ0v) is 12.2. The van der Waals surface area contributed by atoms with E-state index in [9.17, 15) is 13.2 Å². The molecular weight excluding hydrogens is 268 g/mol. The van der Waals surface area contributed by atoms with Crippen LogP contribution in [-0.2, 0) is 19.6 Å². The zero-order chi connectivity index (χ0) is 14.8. The first-order valence-electron chi connectivity index (χ1n) is 5.66. The molecule has 106 valence electrons. The Hall–Kier alpha value is -1.76. The number of hydrogen-bond acceptors (Lipinski definition) is 5. The summed E-state index contributed by atoms with van der Waals surface area (Å²) in [6.45, 7) is 4.81. The van der Waals surface area contributed by atoms with Gasteiger partial charge in [-0.05, 0) is 38.0 Å². The molecule has 1 rings (SSSR count). The molecule has 0 amide bonds. The normalized spacial score (nSPS) is 12.8. The predicted octanol–water partition coefficient (Wildman–Crippen LogP) is 1.19. The zero-order valence-electron chi connectivity index (χ0n) is 11.4. The van der Waals surface area contributed by atoms with Crippen molar-refractivity contribution < 1.29 is 17.9 Å². The highest BCUT2D eigenvalue weighted by Gasteiger charge is 2.29. The van der Waals surface area contributed by atoms with Gasteiger partial charge in [0.25, 0.3) is 0 Å². The molecule has 0 saturated heterocycles. The number of nitrogen functional groups attached to an aromatic ring is 1. The molecule has 0 spiro atoms. The summed E-state index contributed by atoms with van der Waals surface area (Å²) in [6, 6.07) is 3.32. The van der Waals surface area contributed by atoms with Crippen LogP contribution in [0.5, 0.6) is 0 Å². The van der Waals surface area contributed by atoms with Gasteiger partial charge in [0.1, 0.15) is 0 Å². The lowest BCUT2D eigenvalue weighted by atomic mass is 10.1. The summed E-state index contributed by atoms with van der Waals surface area (Å²) in [7, 11) is -2.71. The van der Waals surface area contributed by atoms with Crippen LogP contribution in [0.15, 0.2) is 12.1 Å². The fourth-order valence-corrected chi connectivity index (χ4v) is 2.56. The van der Waals surface area contributed by atoms with Crippen molar-refractivity contribution in [3.05, 3.63) is 23.3 Å². The molecule has 1 aromatic carbocycles. The Balaban J connectivity index is 3.09. The molecule has 0 aliphatic carbocycles. The van der Waals surface area contributed by atoms with Gasteiger partial charge in [0.2, 0.25) is 10.0 Å². The number of rotatable bonds is 4. The molecule has 1 atom stereocenters. The number of aryl methyl sites for hydroxylation is 1. The number of esters is 1. The van der Waals surface area contributed by atoms with Gasteiger partial charge < -0.3 is 10.5 Å². The number of ether oxygens (including phenoxy) is 1. The SMILES string of the molecule is COC(=O)C(C)S(=O)(=O)Nc1ccc(C)c(N)c1C. The number of nitrogens with one attached hydrogen (secondary N) is 1. The van der Waals surface area contributed by atoms with E-state index in [1.807, 2.05) is 6.92 Å². The van der Waals surface area contributed by atoms with Gasteiger partial charge in [-0.2, -0.15) is 0 Å². The van der Waals surface area contributed by atoms with E-state index in [2.05, 4.69) is 9.46 Å². The minimum Gasteiger partial charge on any atom is -0.468 e. The summed E-state index contributed by atoms with van der Waals surface area (Å²) in [5, 5.41) is -1.29. The quantitative estimate of drug-likeness (QED) is 0.640. The highest BCUT2D eigenvalue weighted by atomic mass is 32.2. The minimum atomic E-state index is -3.86. The van der Waals surface area contributed by atoms with E-state index in [1.165, 1.54) is 6.92 Å². The van der Waals surface area contributed by atoms with Crippen LogP contribution in [0, 0.1) is 13.8 Å². The second-order valence-electron chi connectivity index (χ2n) is 4.28. The third-order valence-corrected chi connectivity index (χ3v) is 4.61. The lowest BCUT2D eigenvalue weighted by Crippen LogP contribution is -2.33. The van der Waals surface area contributed by atoms with Crippen molar-refractivity contribution in [2.75, 3.05) is 17.6 Å². The van der Waals surface area contributed by atoms with Gasteiger partial charge in [0, 0.05) is 5.69 Å². The molecule has 19 heavy (non-hydrogen) atoms. The molecule has 0 aliphatic heterocycles. The highest BCUT2D eigenvalue weighted by Crippen LogP contribution is 2.25. The van der Waals surface area contributed by atoms with Crippen LogP contribution in [0.2, 0.25) is 0 Å². The first kappa shape index (κ1) is 15.3. The van der Waals surface area contributed by atoms with Crippen molar-refractivity contribution >= 4 is 27.4 Å². The van der Waals surface area contributed by atoms with E-state index < -0.39 is 21.2 Å². The van der Waals surface area contributed by atoms with Crippen molar-refractivity contribution in [1.29, 1.82) is 0 Å². The number of methoxy groups -OCH3 is 1. The smallest absolute Gasteiger partial charge is 0.325 e. The second-order valence-corrected chi connectivity index (χ2v) is 6.28. The summed E-state index contributed by atoms with van der Waals surface area (Å²) in [4.78, 5) is 11.3. The highest BCUT2D eigenvalue weighted by molar-refractivity contribution is 7.94. The first-order chi connectivity index (χ1) is 8.70. The maximum absolute atomic E-state index is 12.0. The van der Waals surface area contributed by atoms with E-state index in [0.29, 0.717) is 16.9 Å². The van der Waals surface area contributed by atoms with Crippen LogP contribution >= 0.6 is 0 Å². The Labute approximate surface area is 113 Å². The monoisotopic (exact) mass is 286 g/mol. The molecular formula is C12H18N2O4S. The number of benzene rings is 1. The topological polar surface area (TPSA) is 98.5 Å². The van der Waals surface area contributed by atoms with Crippen LogP contribution < -0.4 is 10.5 Å². The minimum absolute atomic E-state index is 0.360. The first-order valence-corrected chi connectivity index (χ1v) is 7.20. The van der Waals surface area contributed by atoms with Gasteiger partial charge in [0.05, 0.1) is 12.8 Å². The van der Waals surface area contributed by atoms with E-state index in [4.69, 9.17) is 5.73 Å². The Morgan fingerprint density at radius 1 is 1.37 bits per heavy atom. The lowest BCUT2D eigenvalue weighted by Gasteiger charge is -2.16.